The third-order valence-corrected chi connectivity index (χ3v) is 4.60. The number of nitrogens with one attached hydrogen (secondary N) is 1. The molecule has 27 heavy (non-hydrogen) atoms. The summed E-state index contributed by atoms with van der Waals surface area (Å²) in [5.74, 6) is -0.223. The summed E-state index contributed by atoms with van der Waals surface area (Å²) in [5.41, 5.74) is 2.54. The summed E-state index contributed by atoms with van der Waals surface area (Å²) in [4.78, 5) is 27.8. The van der Waals surface area contributed by atoms with E-state index in [4.69, 9.17) is 4.74 Å². The van der Waals surface area contributed by atoms with Crippen molar-refractivity contribution in [3.05, 3.63) is 66.5 Å². The van der Waals surface area contributed by atoms with Gasteiger partial charge in [0.05, 0.1) is 24.1 Å². The standard InChI is InChI=1S/C20H19N3O3S/c1-2-26-19(25)11-8-15-6-9-16(10-7-15)22-18(24)14-27-20-21-13-17-5-3-4-12-23(17)20/h3-13H,2,14H2,1H3,(H,22,24)/b11-8+. The molecule has 0 unspecified atom stereocenters. The van der Waals surface area contributed by atoms with E-state index in [1.165, 1.54) is 17.8 Å². The molecule has 0 aliphatic heterocycles. The van der Waals surface area contributed by atoms with Crippen molar-refractivity contribution >= 4 is 40.9 Å². The van der Waals surface area contributed by atoms with Crippen LogP contribution in [0.25, 0.3) is 11.6 Å². The van der Waals surface area contributed by atoms with Gasteiger partial charge in [-0.3, -0.25) is 9.20 Å². The lowest BCUT2D eigenvalue weighted by molar-refractivity contribution is -0.137. The maximum absolute atomic E-state index is 12.2. The monoisotopic (exact) mass is 381 g/mol. The first kappa shape index (κ1) is 18.7. The first-order chi connectivity index (χ1) is 13.2. The summed E-state index contributed by atoms with van der Waals surface area (Å²) >= 11 is 1.38. The van der Waals surface area contributed by atoms with Gasteiger partial charge in [0, 0.05) is 18.0 Å². The van der Waals surface area contributed by atoms with E-state index in [-0.39, 0.29) is 17.6 Å². The van der Waals surface area contributed by atoms with Crippen LogP contribution in [0.15, 0.2) is 66.1 Å². The van der Waals surface area contributed by atoms with Crippen LogP contribution in [0.1, 0.15) is 12.5 Å². The Balaban J connectivity index is 1.52. The Morgan fingerprint density at radius 1 is 1.22 bits per heavy atom. The van der Waals surface area contributed by atoms with Gasteiger partial charge < -0.3 is 10.1 Å². The number of imidazole rings is 1. The molecule has 6 nitrogen and oxygen atoms in total. The van der Waals surface area contributed by atoms with Crippen LogP contribution in [0, 0.1) is 0 Å². The SMILES string of the molecule is CCOC(=O)/C=C/c1ccc(NC(=O)CSc2ncc3ccccn23)cc1. The first-order valence-corrected chi connectivity index (χ1v) is 9.44. The molecule has 1 amide bonds. The number of hydrogen-bond acceptors (Lipinski definition) is 5. The molecule has 1 N–H and O–H groups in total. The number of hydrogen-bond donors (Lipinski definition) is 1. The molecule has 0 saturated carbocycles. The lowest BCUT2D eigenvalue weighted by Crippen LogP contribution is -2.14. The molecule has 138 valence electrons. The molecule has 0 aliphatic rings. The molecule has 0 aliphatic carbocycles. The van der Waals surface area contributed by atoms with Crippen LogP contribution in [0.3, 0.4) is 0 Å². The number of thioether (sulfide) groups is 1. The van der Waals surface area contributed by atoms with E-state index in [1.807, 2.05) is 40.9 Å². The van der Waals surface area contributed by atoms with Crippen molar-refractivity contribution in [1.29, 1.82) is 0 Å². The largest absolute Gasteiger partial charge is 0.463 e. The Kier molecular flexibility index (Phi) is 6.27. The molecule has 0 fully saturated rings. The van der Waals surface area contributed by atoms with Gasteiger partial charge in [-0.25, -0.2) is 9.78 Å². The number of rotatable bonds is 7. The lowest BCUT2D eigenvalue weighted by atomic mass is 10.2. The molecule has 0 bridgehead atoms. The number of carbonyl (C=O) groups excluding carboxylic acids is 2. The van der Waals surface area contributed by atoms with Crippen molar-refractivity contribution in [1.82, 2.24) is 9.38 Å². The highest BCUT2D eigenvalue weighted by molar-refractivity contribution is 7.99. The molecule has 0 atom stereocenters. The van der Waals surface area contributed by atoms with Crippen molar-refractivity contribution < 1.29 is 14.3 Å². The Morgan fingerprint density at radius 2 is 2.04 bits per heavy atom. The minimum absolute atomic E-state index is 0.109. The van der Waals surface area contributed by atoms with Crippen LogP contribution in [0.2, 0.25) is 0 Å². The Bertz CT molecular complexity index is 964. The second-order valence-corrected chi connectivity index (χ2v) is 6.52. The number of fused-ring (bicyclic) bond motifs is 1. The van der Waals surface area contributed by atoms with Gasteiger partial charge in [0.25, 0.3) is 0 Å². The zero-order valence-corrected chi connectivity index (χ0v) is 15.6. The molecule has 0 spiro atoms. The molecular formula is C20H19N3O3S. The van der Waals surface area contributed by atoms with E-state index in [1.54, 1.807) is 31.3 Å². The van der Waals surface area contributed by atoms with Crippen molar-refractivity contribution in [2.45, 2.75) is 12.1 Å². The second-order valence-electron chi connectivity index (χ2n) is 5.58. The van der Waals surface area contributed by atoms with E-state index >= 15 is 0 Å². The summed E-state index contributed by atoms with van der Waals surface area (Å²) in [7, 11) is 0. The number of ether oxygens (including phenoxy) is 1. The third kappa shape index (κ3) is 5.21. The zero-order chi connectivity index (χ0) is 19.1. The fourth-order valence-corrected chi connectivity index (χ4v) is 3.15. The van der Waals surface area contributed by atoms with Gasteiger partial charge in [-0.1, -0.05) is 30.0 Å². The van der Waals surface area contributed by atoms with Crippen LogP contribution in [0.4, 0.5) is 5.69 Å². The van der Waals surface area contributed by atoms with Crippen LogP contribution in [-0.4, -0.2) is 33.6 Å². The van der Waals surface area contributed by atoms with Crippen molar-refractivity contribution in [2.75, 3.05) is 17.7 Å². The van der Waals surface area contributed by atoms with E-state index in [2.05, 4.69) is 10.3 Å². The van der Waals surface area contributed by atoms with E-state index < -0.39 is 0 Å². The minimum Gasteiger partial charge on any atom is -0.463 e. The van der Waals surface area contributed by atoms with Gasteiger partial charge >= 0.3 is 5.97 Å². The fraction of sp³-hybridized carbons (Fsp3) is 0.150. The van der Waals surface area contributed by atoms with E-state index in [0.29, 0.717) is 12.3 Å². The van der Waals surface area contributed by atoms with Crippen LogP contribution >= 0.6 is 11.8 Å². The first-order valence-electron chi connectivity index (χ1n) is 8.45. The fourth-order valence-electron chi connectivity index (χ4n) is 2.39. The third-order valence-electron chi connectivity index (χ3n) is 3.63. The number of carbonyl (C=O) groups is 2. The summed E-state index contributed by atoms with van der Waals surface area (Å²) in [6, 6.07) is 13.1. The van der Waals surface area contributed by atoms with Crippen molar-refractivity contribution in [2.24, 2.45) is 0 Å². The van der Waals surface area contributed by atoms with Crippen LogP contribution < -0.4 is 5.32 Å². The highest BCUT2D eigenvalue weighted by atomic mass is 32.2. The average molecular weight is 381 g/mol. The Morgan fingerprint density at radius 3 is 2.81 bits per heavy atom. The normalized spacial score (nSPS) is 11.0. The van der Waals surface area contributed by atoms with Gasteiger partial charge in [0.2, 0.25) is 5.91 Å². The molecule has 1 aromatic carbocycles. The number of amides is 1. The highest BCUT2D eigenvalue weighted by Gasteiger charge is 2.08. The smallest absolute Gasteiger partial charge is 0.330 e. The highest BCUT2D eigenvalue weighted by Crippen LogP contribution is 2.19. The van der Waals surface area contributed by atoms with Crippen molar-refractivity contribution in [3.8, 4) is 0 Å². The summed E-state index contributed by atoms with van der Waals surface area (Å²) in [6.07, 6.45) is 6.75. The number of aromatic nitrogens is 2. The number of nitrogens with zero attached hydrogens (tertiary/aromatic N) is 2. The summed E-state index contributed by atoms with van der Waals surface area (Å²) < 4.78 is 6.78. The molecule has 7 heteroatoms. The van der Waals surface area contributed by atoms with Crippen LogP contribution in [0.5, 0.6) is 0 Å². The van der Waals surface area contributed by atoms with Gasteiger partial charge in [0.1, 0.15) is 0 Å². The average Bonchev–Trinajstić information content (AvgIpc) is 3.09. The predicted molar refractivity (Wildman–Crippen MR) is 107 cm³/mol. The number of pyridine rings is 1. The predicted octanol–water partition coefficient (Wildman–Crippen LogP) is 3.64. The van der Waals surface area contributed by atoms with Gasteiger partial charge in [-0.2, -0.15) is 0 Å². The Hall–Kier alpha value is -3.06. The number of anilines is 1. The Labute approximate surface area is 161 Å². The number of esters is 1. The molecule has 3 aromatic rings. The second kappa shape index (κ2) is 9.05. The molecular weight excluding hydrogens is 362 g/mol. The van der Waals surface area contributed by atoms with E-state index in [9.17, 15) is 9.59 Å². The maximum Gasteiger partial charge on any atom is 0.330 e. The summed E-state index contributed by atoms with van der Waals surface area (Å²) in [6.45, 7) is 2.11. The number of benzene rings is 1. The van der Waals surface area contributed by atoms with E-state index in [0.717, 1.165) is 16.2 Å². The quantitative estimate of drug-likeness (QED) is 0.384. The topological polar surface area (TPSA) is 72.7 Å². The lowest BCUT2D eigenvalue weighted by Gasteiger charge is -2.05. The van der Waals surface area contributed by atoms with Crippen molar-refractivity contribution in [3.63, 3.8) is 0 Å². The maximum atomic E-state index is 12.2. The molecule has 2 heterocycles. The zero-order valence-electron chi connectivity index (χ0n) is 14.8. The molecule has 0 radical (unpaired) electrons. The molecule has 2 aromatic heterocycles. The minimum atomic E-state index is -0.376. The van der Waals surface area contributed by atoms with Gasteiger partial charge in [-0.05, 0) is 42.8 Å². The van der Waals surface area contributed by atoms with Gasteiger partial charge in [-0.15, -0.1) is 0 Å². The van der Waals surface area contributed by atoms with Crippen LogP contribution in [-0.2, 0) is 14.3 Å². The molecule has 3 rings (SSSR count). The molecule has 0 saturated heterocycles. The van der Waals surface area contributed by atoms with Gasteiger partial charge in [0.15, 0.2) is 5.16 Å². The summed E-state index contributed by atoms with van der Waals surface area (Å²) in [5, 5.41) is 3.63.